The SMILES string of the molecule is CCOc1ccc(S(=O)(=O)N[C@H](C)C(=O)Nc2cccc(F)c2)cc1C. The van der Waals surface area contributed by atoms with Crippen molar-refractivity contribution in [2.45, 2.75) is 31.7 Å². The third-order valence-electron chi connectivity index (χ3n) is 3.57. The van der Waals surface area contributed by atoms with Crippen molar-refractivity contribution in [2.75, 3.05) is 11.9 Å². The molecule has 0 aromatic heterocycles. The summed E-state index contributed by atoms with van der Waals surface area (Å²) in [5, 5.41) is 2.47. The first-order valence-corrected chi connectivity index (χ1v) is 9.53. The van der Waals surface area contributed by atoms with E-state index in [1.807, 2.05) is 6.92 Å². The molecule has 2 aromatic rings. The number of nitrogens with one attached hydrogen (secondary N) is 2. The first-order chi connectivity index (χ1) is 12.2. The fourth-order valence-electron chi connectivity index (χ4n) is 2.28. The van der Waals surface area contributed by atoms with Gasteiger partial charge in [0.1, 0.15) is 11.6 Å². The number of hydrogen-bond donors (Lipinski definition) is 2. The minimum absolute atomic E-state index is 0.0314. The van der Waals surface area contributed by atoms with Crippen molar-refractivity contribution >= 4 is 21.6 Å². The molecule has 0 unspecified atom stereocenters. The summed E-state index contributed by atoms with van der Waals surface area (Å²) in [6.45, 7) is 5.46. The summed E-state index contributed by atoms with van der Waals surface area (Å²) in [6, 6.07) is 8.77. The van der Waals surface area contributed by atoms with Gasteiger partial charge in [-0.15, -0.1) is 0 Å². The minimum atomic E-state index is -3.90. The highest BCUT2D eigenvalue weighted by Gasteiger charge is 2.23. The largest absolute Gasteiger partial charge is 0.494 e. The van der Waals surface area contributed by atoms with Crippen LogP contribution >= 0.6 is 0 Å². The lowest BCUT2D eigenvalue weighted by Crippen LogP contribution is -2.41. The second kappa shape index (κ2) is 8.29. The van der Waals surface area contributed by atoms with Gasteiger partial charge in [0, 0.05) is 5.69 Å². The molecule has 0 saturated heterocycles. The maximum atomic E-state index is 13.2. The van der Waals surface area contributed by atoms with Crippen LogP contribution in [-0.4, -0.2) is 27.0 Å². The van der Waals surface area contributed by atoms with Gasteiger partial charge in [-0.2, -0.15) is 4.72 Å². The van der Waals surface area contributed by atoms with E-state index in [1.54, 1.807) is 13.0 Å². The topological polar surface area (TPSA) is 84.5 Å². The zero-order valence-corrected chi connectivity index (χ0v) is 15.6. The molecule has 8 heteroatoms. The molecule has 6 nitrogen and oxygen atoms in total. The summed E-state index contributed by atoms with van der Waals surface area (Å²) in [5.74, 6) is -0.494. The average molecular weight is 380 g/mol. The Kier molecular flexibility index (Phi) is 6.33. The number of halogens is 1. The van der Waals surface area contributed by atoms with Gasteiger partial charge in [0.05, 0.1) is 17.5 Å². The third kappa shape index (κ3) is 5.03. The summed E-state index contributed by atoms with van der Waals surface area (Å²) >= 11 is 0. The van der Waals surface area contributed by atoms with Gasteiger partial charge in [-0.05, 0) is 62.7 Å². The van der Waals surface area contributed by atoms with Crippen LogP contribution in [0.25, 0.3) is 0 Å². The predicted octanol–water partition coefficient (Wildman–Crippen LogP) is 2.84. The first-order valence-electron chi connectivity index (χ1n) is 8.05. The molecule has 0 radical (unpaired) electrons. The number of hydrogen-bond acceptors (Lipinski definition) is 4. The molecule has 0 aliphatic heterocycles. The molecule has 0 fully saturated rings. The van der Waals surface area contributed by atoms with Gasteiger partial charge < -0.3 is 10.1 Å². The molecular formula is C18H21FN2O4S. The Balaban J connectivity index is 2.10. The van der Waals surface area contributed by atoms with Gasteiger partial charge in [-0.3, -0.25) is 4.79 Å². The van der Waals surface area contributed by atoms with Crippen LogP contribution < -0.4 is 14.8 Å². The highest BCUT2D eigenvalue weighted by atomic mass is 32.2. The molecule has 0 saturated carbocycles. The molecule has 0 bridgehead atoms. The Morgan fingerprint density at radius 3 is 2.58 bits per heavy atom. The van der Waals surface area contributed by atoms with E-state index in [4.69, 9.17) is 4.74 Å². The molecule has 26 heavy (non-hydrogen) atoms. The van der Waals surface area contributed by atoms with Crippen LogP contribution in [0.1, 0.15) is 19.4 Å². The lowest BCUT2D eigenvalue weighted by molar-refractivity contribution is -0.117. The van der Waals surface area contributed by atoms with Crippen molar-refractivity contribution in [3.63, 3.8) is 0 Å². The quantitative estimate of drug-likeness (QED) is 0.774. The Hall–Kier alpha value is -2.45. The number of carbonyl (C=O) groups excluding carboxylic acids is 1. The van der Waals surface area contributed by atoms with Crippen LogP contribution in [0.3, 0.4) is 0 Å². The normalized spacial score (nSPS) is 12.5. The maximum absolute atomic E-state index is 13.2. The lowest BCUT2D eigenvalue weighted by Gasteiger charge is -2.15. The van der Waals surface area contributed by atoms with Gasteiger partial charge in [0.25, 0.3) is 0 Å². The highest BCUT2D eigenvalue weighted by molar-refractivity contribution is 7.89. The van der Waals surface area contributed by atoms with Crippen molar-refractivity contribution in [2.24, 2.45) is 0 Å². The van der Waals surface area contributed by atoms with Crippen LogP contribution in [0.4, 0.5) is 10.1 Å². The van der Waals surface area contributed by atoms with Crippen molar-refractivity contribution in [1.29, 1.82) is 0 Å². The van der Waals surface area contributed by atoms with E-state index in [9.17, 15) is 17.6 Å². The smallest absolute Gasteiger partial charge is 0.242 e. The average Bonchev–Trinajstić information content (AvgIpc) is 2.56. The van der Waals surface area contributed by atoms with Gasteiger partial charge in [-0.1, -0.05) is 6.07 Å². The summed E-state index contributed by atoms with van der Waals surface area (Å²) in [5.41, 5.74) is 0.921. The van der Waals surface area contributed by atoms with E-state index in [1.165, 1.54) is 37.3 Å². The number of sulfonamides is 1. The number of aryl methyl sites for hydroxylation is 1. The number of amides is 1. The zero-order chi connectivity index (χ0) is 19.3. The minimum Gasteiger partial charge on any atom is -0.494 e. The van der Waals surface area contributed by atoms with Crippen molar-refractivity contribution in [1.82, 2.24) is 4.72 Å². The fraction of sp³-hybridized carbons (Fsp3) is 0.278. The molecule has 1 atom stereocenters. The molecule has 140 valence electrons. The van der Waals surface area contributed by atoms with Crippen molar-refractivity contribution < 1.29 is 22.3 Å². The predicted molar refractivity (Wildman–Crippen MR) is 97.2 cm³/mol. The van der Waals surface area contributed by atoms with Crippen LogP contribution in [-0.2, 0) is 14.8 Å². The summed E-state index contributed by atoms with van der Waals surface area (Å²) in [4.78, 5) is 12.2. The third-order valence-corrected chi connectivity index (χ3v) is 5.11. The molecule has 0 aliphatic rings. The maximum Gasteiger partial charge on any atom is 0.242 e. The molecule has 2 aromatic carbocycles. The Labute approximate surface area is 152 Å². The van der Waals surface area contributed by atoms with E-state index >= 15 is 0 Å². The van der Waals surface area contributed by atoms with Gasteiger partial charge >= 0.3 is 0 Å². The number of carbonyl (C=O) groups is 1. The molecule has 2 N–H and O–H groups in total. The van der Waals surface area contributed by atoms with Crippen molar-refractivity contribution in [3.05, 3.63) is 53.8 Å². The zero-order valence-electron chi connectivity index (χ0n) is 14.7. The standard InChI is InChI=1S/C18H21FN2O4S/c1-4-25-17-9-8-16(10-12(17)2)26(23,24)21-13(3)18(22)20-15-7-5-6-14(19)11-15/h5-11,13,21H,4H2,1-3H3,(H,20,22)/t13-/m1/s1. The first kappa shape index (κ1) is 19.9. The number of rotatable bonds is 7. The number of anilines is 1. The van der Waals surface area contributed by atoms with E-state index in [-0.39, 0.29) is 10.6 Å². The van der Waals surface area contributed by atoms with E-state index < -0.39 is 27.8 Å². The Morgan fingerprint density at radius 1 is 1.23 bits per heavy atom. The Bertz CT molecular complexity index is 900. The van der Waals surface area contributed by atoms with Crippen LogP contribution in [0.15, 0.2) is 47.4 Å². The monoisotopic (exact) mass is 380 g/mol. The highest BCUT2D eigenvalue weighted by Crippen LogP contribution is 2.22. The molecular weight excluding hydrogens is 359 g/mol. The molecule has 0 heterocycles. The van der Waals surface area contributed by atoms with Crippen molar-refractivity contribution in [3.8, 4) is 5.75 Å². The van der Waals surface area contributed by atoms with Gasteiger partial charge in [0.15, 0.2) is 0 Å². The van der Waals surface area contributed by atoms with Crippen LogP contribution in [0, 0.1) is 12.7 Å². The fourth-order valence-corrected chi connectivity index (χ4v) is 3.57. The Morgan fingerprint density at radius 2 is 1.96 bits per heavy atom. The summed E-state index contributed by atoms with van der Waals surface area (Å²) < 4.78 is 45.8. The van der Waals surface area contributed by atoms with Crippen LogP contribution in [0.5, 0.6) is 5.75 Å². The second-order valence-electron chi connectivity index (χ2n) is 5.70. The van der Waals surface area contributed by atoms with E-state index in [0.29, 0.717) is 17.9 Å². The number of benzene rings is 2. The molecule has 2 rings (SSSR count). The van der Waals surface area contributed by atoms with E-state index in [0.717, 1.165) is 6.07 Å². The molecule has 1 amide bonds. The van der Waals surface area contributed by atoms with Gasteiger partial charge in [0.2, 0.25) is 15.9 Å². The molecule has 0 spiro atoms. The summed E-state index contributed by atoms with van der Waals surface area (Å²) in [7, 11) is -3.90. The van der Waals surface area contributed by atoms with E-state index in [2.05, 4.69) is 10.0 Å². The molecule has 0 aliphatic carbocycles. The second-order valence-corrected chi connectivity index (χ2v) is 7.42. The number of ether oxygens (including phenoxy) is 1. The lowest BCUT2D eigenvalue weighted by atomic mass is 10.2. The van der Waals surface area contributed by atoms with Gasteiger partial charge in [-0.25, -0.2) is 12.8 Å². The summed E-state index contributed by atoms with van der Waals surface area (Å²) in [6.07, 6.45) is 0. The van der Waals surface area contributed by atoms with Crippen LogP contribution in [0.2, 0.25) is 0 Å².